The van der Waals surface area contributed by atoms with E-state index >= 15 is 0 Å². The Morgan fingerprint density at radius 1 is 1.45 bits per heavy atom. The number of hydrogen-bond donors (Lipinski definition) is 0. The van der Waals surface area contributed by atoms with Gasteiger partial charge < -0.3 is 14.2 Å². The normalized spacial score (nSPS) is 18.5. The fourth-order valence-electron chi connectivity index (χ4n) is 2.49. The molecule has 0 spiro atoms. The van der Waals surface area contributed by atoms with Crippen molar-refractivity contribution >= 4 is 17.4 Å². The summed E-state index contributed by atoms with van der Waals surface area (Å²) in [5.41, 5.74) is 0.550. The van der Waals surface area contributed by atoms with Gasteiger partial charge in [0.1, 0.15) is 11.9 Å². The molecule has 2 aromatic rings. The number of morpholine rings is 1. The van der Waals surface area contributed by atoms with Crippen molar-refractivity contribution in [3.05, 3.63) is 57.3 Å². The zero-order valence-corrected chi connectivity index (χ0v) is 12.8. The summed E-state index contributed by atoms with van der Waals surface area (Å²) in [6, 6.07) is 4.23. The number of aromatic nitrogens is 2. The van der Waals surface area contributed by atoms with E-state index < -0.39 is 0 Å². The zero-order chi connectivity index (χ0) is 15.7. The zero-order valence-electron chi connectivity index (χ0n) is 12.0. The van der Waals surface area contributed by atoms with Crippen LogP contribution in [-0.4, -0.2) is 29.2 Å². The van der Waals surface area contributed by atoms with E-state index in [0.717, 1.165) is 0 Å². The summed E-state index contributed by atoms with van der Waals surface area (Å²) >= 11 is 6.09. The molecule has 1 aliphatic heterocycles. The maximum atomic E-state index is 13.2. The van der Waals surface area contributed by atoms with Crippen molar-refractivity contribution in [2.24, 2.45) is 7.05 Å². The molecule has 0 saturated carbocycles. The van der Waals surface area contributed by atoms with E-state index in [1.54, 1.807) is 25.5 Å². The van der Waals surface area contributed by atoms with Crippen molar-refractivity contribution < 1.29 is 9.13 Å². The van der Waals surface area contributed by atoms with Gasteiger partial charge in [-0.05, 0) is 12.1 Å². The number of hydrogen-bond acceptors (Lipinski definition) is 4. The second kappa shape index (κ2) is 6.06. The smallest absolute Gasteiger partial charge is 0.293 e. The monoisotopic (exact) mass is 323 g/mol. The Morgan fingerprint density at radius 2 is 2.27 bits per heavy atom. The summed E-state index contributed by atoms with van der Waals surface area (Å²) in [5.74, 6) is -0.00320. The minimum Gasteiger partial charge on any atom is -0.370 e. The average Bonchev–Trinajstić information content (AvgIpc) is 2.50. The molecule has 1 atom stereocenters. The summed E-state index contributed by atoms with van der Waals surface area (Å²) in [6.07, 6.45) is 2.88. The summed E-state index contributed by atoms with van der Waals surface area (Å²) in [6.45, 7) is 1.46. The molecular formula is C15H15ClFN3O2. The van der Waals surface area contributed by atoms with Crippen molar-refractivity contribution in [3.63, 3.8) is 0 Å². The highest BCUT2D eigenvalue weighted by atomic mass is 35.5. The van der Waals surface area contributed by atoms with Crippen LogP contribution in [0.3, 0.4) is 0 Å². The third kappa shape index (κ3) is 2.84. The van der Waals surface area contributed by atoms with E-state index in [9.17, 15) is 9.18 Å². The highest BCUT2D eigenvalue weighted by Gasteiger charge is 2.26. The second-order valence-electron chi connectivity index (χ2n) is 5.14. The molecule has 5 nitrogen and oxygen atoms in total. The minimum absolute atomic E-state index is 0.159. The predicted molar refractivity (Wildman–Crippen MR) is 81.8 cm³/mol. The van der Waals surface area contributed by atoms with E-state index in [2.05, 4.69) is 4.98 Å². The number of aryl methyl sites for hydroxylation is 1. The average molecular weight is 324 g/mol. The van der Waals surface area contributed by atoms with Crippen LogP contribution in [0.4, 0.5) is 10.2 Å². The third-order valence-corrected chi connectivity index (χ3v) is 4.00. The molecule has 1 aromatic heterocycles. The van der Waals surface area contributed by atoms with E-state index in [-0.39, 0.29) is 17.5 Å². The molecule has 1 saturated heterocycles. The molecule has 0 amide bonds. The van der Waals surface area contributed by atoms with Crippen molar-refractivity contribution in [3.8, 4) is 0 Å². The first-order valence-corrected chi connectivity index (χ1v) is 7.27. The molecule has 22 heavy (non-hydrogen) atoms. The predicted octanol–water partition coefficient (Wildman–Crippen LogP) is 2.15. The maximum absolute atomic E-state index is 13.2. The number of ether oxygens (including phenoxy) is 1. The number of rotatable bonds is 2. The van der Waals surface area contributed by atoms with E-state index in [1.165, 1.54) is 16.7 Å². The first-order valence-electron chi connectivity index (χ1n) is 6.89. The van der Waals surface area contributed by atoms with Gasteiger partial charge in [-0.15, -0.1) is 0 Å². The molecular weight excluding hydrogens is 309 g/mol. The van der Waals surface area contributed by atoms with Crippen LogP contribution >= 0.6 is 11.6 Å². The Morgan fingerprint density at radius 3 is 3.05 bits per heavy atom. The number of benzene rings is 1. The fraction of sp³-hybridized carbons (Fsp3) is 0.333. The summed E-state index contributed by atoms with van der Waals surface area (Å²) < 4.78 is 20.4. The molecule has 0 unspecified atom stereocenters. The largest absolute Gasteiger partial charge is 0.370 e. The van der Waals surface area contributed by atoms with Crippen molar-refractivity contribution in [1.29, 1.82) is 0 Å². The van der Waals surface area contributed by atoms with Gasteiger partial charge >= 0.3 is 0 Å². The molecule has 0 aliphatic carbocycles. The van der Waals surface area contributed by atoms with Crippen LogP contribution < -0.4 is 10.5 Å². The molecule has 7 heteroatoms. The van der Waals surface area contributed by atoms with Crippen LogP contribution in [0.15, 0.2) is 35.4 Å². The molecule has 0 bridgehead atoms. The van der Waals surface area contributed by atoms with Gasteiger partial charge in [-0.1, -0.05) is 17.7 Å². The highest BCUT2D eigenvalue weighted by molar-refractivity contribution is 6.31. The van der Waals surface area contributed by atoms with Gasteiger partial charge in [0.2, 0.25) is 0 Å². The quantitative estimate of drug-likeness (QED) is 0.849. The summed E-state index contributed by atoms with van der Waals surface area (Å²) in [5, 5.41) is 0.320. The molecule has 3 rings (SSSR count). The minimum atomic E-state index is -0.389. The molecule has 1 fully saturated rings. The number of anilines is 1. The van der Waals surface area contributed by atoms with Gasteiger partial charge in [0.25, 0.3) is 5.56 Å². The Kier molecular flexibility index (Phi) is 4.13. The van der Waals surface area contributed by atoms with Crippen molar-refractivity contribution in [2.45, 2.75) is 6.10 Å². The number of halogens is 2. The Balaban J connectivity index is 1.88. The topological polar surface area (TPSA) is 47.4 Å². The second-order valence-corrected chi connectivity index (χ2v) is 5.55. The van der Waals surface area contributed by atoms with Crippen molar-refractivity contribution in [1.82, 2.24) is 9.55 Å². The van der Waals surface area contributed by atoms with Crippen LogP contribution in [0.1, 0.15) is 11.7 Å². The van der Waals surface area contributed by atoms with Gasteiger partial charge in [0.15, 0.2) is 5.82 Å². The summed E-state index contributed by atoms with van der Waals surface area (Å²) in [4.78, 5) is 18.2. The Hall–Kier alpha value is -1.92. The third-order valence-electron chi connectivity index (χ3n) is 3.67. The first kappa shape index (κ1) is 15.0. The first-order chi connectivity index (χ1) is 10.6. The lowest BCUT2D eigenvalue weighted by atomic mass is 10.1. The lowest BCUT2D eigenvalue weighted by Crippen LogP contribution is -2.42. The van der Waals surface area contributed by atoms with Gasteiger partial charge in [0.05, 0.1) is 13.2 Å². The van der Waals surface area contributed by atoms with Crippen molar-refractivity contribution in [2.75, 3.05) is 24.6 Å². The highest BCUT2D eigenvalue weighted by Crippen LogP contribution is 2.29. The number of nitrogens with zero attached hydrogens (tertiary/aromatic N) is 3. The molecule has 1 aliphatic rings. The van der Waals surface area contributed by atoms with Crippen LogP contribution in [0, 0.1) is 5.82 Å². The van der Waals surface area contributed by atoms with Crippen LogP contribution in [0.25, 0.3) is 0 Å². The Labute approximate surface area is 131 Å². The standard InChI is InChI=1S/C15H15ClFN3O2/c1-19-5-4-18-14(15(19)21)20-6-7-22-13(9-20)11-3-2-10(17)8-12(11)16/h2-5,8,13H,6-7,9H2,1H3/t13-/m1/s1. The molecule has 0 N–H and O–H groups in total. The van der Waals surface area contributed by atoms with E-state index in [0.29, 0.717) is 36.1 Å². The maximum Gasteiger partial charge on any atom is 0.293 e. The van der Waals surface area contributed by atoms with E-state index in [1.807, 2.05) is 4.90 Å². The van der Waals surface area contributed by atoms with Gasteiger partial charge in [-0.2, -0.15) is 0 Å². The van der Waals surface area contributed by atoms with E-state index in [4.69, 9.17) is 16.3 Å². The molecule has 1 aromatic carbocycles. The molecule has 116 valence electrons. The fourth-order valence-corrected chi connectivity index (χ4v) is 2.78. The molecule has 2 heterocycles. The molecule has 0 radical (unpaired) electrons. The Bertz CT molecular complexity index is 750. The van der Waals surface area contributed by atoms with Crippen LogP contribution in [0.2, 0.25) is 5.02 Å². The summed E-state index contributed by atoms with van der Waals surface area (Å²) in [7, 11) is 1.68. The van der Waals surface area contributed by atoms with Gasteiger partial charge in [-0.3, -0.25) is 4.79 Å². The lowest BCUT2D eigenvalue weighted by Gasteiger charge is -2.33. The van der Waals surface area contributed by atoms with Crippen LogP contribution in [0.5, 0.6) is 0 Å². The van der Waals surface area contributed by atoms with Gasteiger partial charge in [-0.25, -0.2) is 9.37 Å². The van der Waals surface area contributed by atoms with Crippen LogP contribution in [-0.2, 0) is 11.8 Å². The lowest BCUT2D eigenvalue weighted by molar-refractivity contribution is 0.0394. The van der Waals surface area contributed by atoms with Gasteiger partial charge in [0, 0.05) is 36.6 Å². The SMILES string of the molecule is Cn1ccnc(N2CCO[C@@H](c3ccc(F)cc3Cl)C2)c1=O.